The highest BCUT2D eigenvalue weighted by Crippen LogP contribution is 2.16. The molecule has 0 aromatic heterocycles. The van der Waals surface area contributed by atoms with Crippen LogP contribution in [-0.4, -0.2) is 45.9 Å². The largest absolute Gasteiger partial charge is 0.497 e. The number of rotatable bonds is 6. The first-order valence-electron chi connectivity index (χ1n) is 9.06. The summed E-state index contributed by atoms with van der Waals surface area (Å²) in [5.41, 5.74) is 2.13. The first-order chi connectivity index (χ1) is 13.2. The average Bonchev–Trinajstić information content (AvgIpc) is 2.75. The average molecular weight is 366 g/mol. The van der Waals surface area contributed by atoms with Crippen LogP contribution in [0.2, 0.25) is 0 Å². The Hall–Kier alpha value is -2.88. The normalized spacial score (nSPS) is 15.6. The van der Waals surface area contributed by atoms with Crippen molar-refractivity contribution < 1.29 is 19.2 Å². The number of nitrogens with zero attached hydrogens (tertiary/aromatic N) is 1. The van der Waals surface area contributed by atoms with Gasteiger partial charge in [-0.1, -0.05) is 6.07 Å². The molecule has 140 valence electrons. The molecule has 0 unspecified atom stereocenters. The number of nitriles is 1. The molecule has 1 amide bonds. The molecule has 2 aromatic carbocycles. The van der Waals surface area contributed by atoms with Gasteiger partial charge in [-0.2, -0.15) is 5.26 Å². The number of carbonyl (C=O) groups excluding carboxylic acids is 1. The van der Waals surface area contributed by atoms with E-state index in [1.165, 1.54) is 4.90 Å². The van der Waals surface area contributed by atoms with Crippen LogP contribution >= 0.6 is 0 Å². The Kier molecular flexibility index (Phi) is 6.42. The number of ether oxygens (including phenoxy) is 2. The molecule has 2 N–H and O–H groups in total. The highest BCUT2D eigenvalue weighted by atomic mass is 16.5. The molecule has 2 aromatic rings. The molecule has 6 nitrogen and oxygen atoms in total. The lowest BCUT2D eigenvalue weighted by Gasteiger charge is -2.32. The molecule has 1 heterocycles. The highest BCUT2D eigenvalue weighted by molar-refractivity contribution is 5.94. The minimum atomic E-state index is -0.168. The molecule has 0 aliphatic carbocycles. The minimum absolute atomic E-state index is 0.128. The van der Waals surface area contributed by atoms with Gasteiger partial charge in [-0.25, -0.2) is 0 Å². The minimum Gasteiger partial charge on any atom is -0.497 e. The monoisotopic (exact) mass is 366 g/mol. The molecule has 1 aliphatic heterocycles. The van der Waals surface area contributed by atoms with Gasteiger partial charge in [-0.3, -0.25) is 4.79 Å². The summed E-state index contributed by atoms with van der Waals surface area (Å²) < 4.78 is 10.7. The first-order valence-corrected chi connectivity index (χ1v) is 9.06. The standard InChI is InChI=1S/C21H23N3O3/c1-26-19-7-5-17(6-8-19)20(24-9-11-27-12-10-24)15-23-21(25)18-4-2-3-16(13-18)14-22/h2-8,13,20H,9-12,15H2,1H3,(H,23,25)/p+1/t20-/m1/s1. The van der Waals surface area contributed by atoms with Gasteiger partial charge < -0.3 is 19.7 Å². The van der Waals surface area contributed by atoms with Crippen LogP contribution in [0.1, 0.15) is 27.5 Å². The van der Waals surface area contributed by atoms with E-state index in [1.54, 1.807) is 31.4 Å². The zero-order valence-corrected chi connectivity index (χ0v) is 15.4. The van der Waals surface area contributed by atoms with Crippen LogP contribution in [-0.2, 0) is 4.74 Å². The Labute approximate surface area is 159 Å². The van der Waals surface area contributed by atoms with E-state index in [4.69, 9.17) is 14.7 Å². The third-order valence-corrected chi connectivity index (χ3v) is 4.87. The second-order valence-corrected chi connectivity index (χ2v) is 6.50. The molecule has 6 heteroatoms. The Morgan fingerprint density at radius 2 is 2.00 bits per heavy atom. The third kappa shape index (κ3) is 4.85. The fraction of sp³-hybridized carbons (Fsp3) is 0.333. The van der Waals surface area contributed by atoms with E-state index in [1.807, 2.05) is 12.1 Å². The van der Waals surface area contributed by atoms with Crippen molar-refractivity contribution in [3.8, 4) is 11.8 Å². The van der Waals surface area contributed by atoms with Gasteiger partial charge in [0.1, 0.15) is 24.9 Å². The number of hydrogen-bond donors (Lipinski definition) is 2. The maximum Gasteiger partial charge on any atom is 0.251 e. The number of hydrogen-bond acceptors (Lipinski definition) is 4. The van der Waals surface area contributed by atoms with E-state index in [2.05, 4.69) is 23.5 Å². The number of methoxy groups -OCH3 is 1. The molecule has 1 atom stereocenters. The van der Waals surface area contributed by atoms with Crippen LogP contribution in [0, 0.1) is 11.3 Å². The lowest BCUT2D eigenvalue weighted by Crippen LogP contribution is -3.15. The van der Waals surface area contributed by atoms with Gasteiger partial charge in [-0.05, 0) is 42.5 Å². The smallest absolute Gasteiger partial charge is 0.251 e. The van der Waals surface area contributed by atoms with E-state index in [-0.39, 0.29) is 11.9 Å². The SMILES string of the molecule is COc1ccc([C@@H](CNC(=O)c2cccc(C#N)c2)[NH+]2CCOCC2)cc1. The fourth-order valence-electron chi connectivity index (χ4n) is 3.34. The molecule has 1 fully saturated rings. The van der Waals surface area contributed by atoms with Crippen LogP contribution in [0.15, 0.2) is 48.5 Å². The molecule has 0 spiro atoms. The Balaban J connectivity index is 1.74. The van der Waals surface area contributed by atoms with Crippen molar-refractivity contribution in [3.05, 3.63) is 65.2 Å². The number of quaternary nitrogens is 1. The summed E-state index contributed by atoms with van der Waals surface area (Å²) in [5, 5.41) is 12.0. The van der Waals surface area contributed by atoms with Crippen LogP contribution in [0.4, 0.5) is 0 Å². The van der Waals surface area contributed by atoms with Gasteiger partial charge in [-0.15, -0.1) is 0 Å². The number of benzene rings is 2. The van der Waals surface area contributed by atoms with Gasteiger partial charge in [0.25, 0.3) is 5.91 Å². The topological polar surface area (TPSA) is 75.8 Å². The number of amides is 1. The van der Waals surface area contributed by atoms with Crippen molar-refractivity contribution in [1.29, 1.82) is 5.26 Å². The predicted molar refractivity (Wildman–Crippen MR) is 101 cm³/mol. The third-order valence-electron chi connectivity index (χ3n) is 4.87. The highest BCUT2D eigenvalue weighted by Gasteiger charge is 2.27. The number of carbonyl (C=O) groups is 1. The van der Waals surface area contributed by atoms with Gasteiger partial charge in [0, 0.05) is 11.1 Å². The zero-order valence-electron chi connectivity index (χ0n) is 15.4. The van der Waals surface area contributed by atoms with Gasteiger partial charge >= 0.3 is 0 Å². The predicted octanol–water partition coefficient (Wildman–Crippen LogP) is 0.953. The molecule has 1 saturated heterocycles. The molecular formula is C21H24N3O3+. The number of morpholine rings is 1. The maximum atomic E-state index is 12.6. The van der Waals surface area contributed by atoms with Crippen molar-refractivity contribution in [2.45, 2.75) is 6.04 Å². The Morgan fingerprint density at radius 3 is 2.67 bits per heavy atom. The van der Waals surface area contributed by atoms with Crippen molar-refractivity contribution in [1.82, 2.24) is 5.32 Å². The summed E-state index contributed by atoms with van der Waals surface area (Å²) in [6.07, 6.45) is 0. The van der Waals surface area contributed by atoms with Crippen LogP contribution in [0.3, 0.4) is 0 Å². The zero-order chi connectivity index (χ0) is 19.1. The maximum absolute atomic E-state index is 12.6. The summed E-state index contributed by atoms with van der Waals surface area (Å²) in [6, 6.07) is 16.9. The molecule has 3 rings (SSSR count). The summed E-state index contributed by atoms with van der Waals surface area (Å²) in [5.74, 6) is 0.644. The Morgan fingerprint density at radius 1 is 1.26 bits per heavy atom. The molecule has 0 saturated carbocycles. The van der Waals surface area contributed by atoms with Crippen LogP contribution < -0.4 is 15.0 Å². The van der Waals surface area contributed by atoms with Crippen LogP contribution in [0.25, 0.3) is 0 Å². The lowest BCUT2D eigenvalue weighted by atomic mass is 10.0. The van der Waals surface area contributed by atoms with Crippen molar-refractivity contribution in [2.75, 3.05) is 40.0 Å². The molecule has 0 radical (unpaired) electrons. The van der Waals surface area contributed by atoms with E-state index < -0.39 is 0 Å². The van der Waals surface area contributed by atoms with Gasteiger partial charge in [0.15, 0.2) is 0 Å². The second-order valence-electron chi connectivity index (χ2n) is 6.50. The van der Waals surface area contributed by atoms with E-state index in [0.717, 1.165) is 37.6 Å². The lowest BCUT2D eigenvalue weighted by molar-refractivity contribution is -0.937. The van der Waals surface area contributed by atoms with Gasteiger partial charge in [0.2, 0.25) is 0 Å². The van der Waals surface area contributed by atoms with Crippen molar-refractivity contribution >= 4 is 5.91 Å². The molecule has 27 heavy (non-hydrogen) atoms. The molecular weight excluding hydrogens is 342 g/mol. The van der Waals surface area contributed by atoms with Crippen molar-refractivity contribution in [3.63, 3.8) is 0 Å². The fourth-order valence-corrected chi connectivity index (χ4v) is 3.34. The van der Waals surface area contributed by atoms with E-state index in [0.29, 0.717) is 17.7 Å². The summed E-state index contributed by atoms with van der Waals surface area (Å²) in [4.78, 5) is 13.9. The summed E-state index contributed by atoms with van der Waals surface area (Å²) >= 11 is 0. The molecule has 0 bridgehead atoms. The first kappa shape index (κ1) is 18.9. The second kappa shape index (κ2) is 9.17. The quantitative estimate of drug-likeness (QED) is 0.798. The van der Waals surface area contributed by atoms with Crippen LogP contribution in [0.5, 0.6) is 5.75 Å². The van der Waals surface area contributed by atoms with Gasteiger partial charge in [0.05, 0.1) is 38.5 Å². The number of nitrogens with one attached hydrogen (secondary N) is 2. The van der Waals surface area contributed by atoms with E-state index >= 15 is 0 Å². The summed E-state index contributed by atoms with van der Waals surface area (Å²) in [6.45, 7) is 3.75. The van der Waals surface area contributed by atoms with Crippen molar-refractivity contribution in [2.24, 2.45) is 0 Å². The van der Waals surface area contributed by atoms with E-state index in [9.17, 15) is 4.79 Å². The molecule has 1 aliphatic rings. The Bertz CT molecular complexity index is 808. The summed E-state index contributed by atoms with van der Waals surface area (Å²) in [7, 11) is 1.65.